The zero-order chi connectivity index (χ0) is 23.7. The standard InChI is InChI=1S/C24H30ClN7O/c1-15(2)32-16(3)26-13-21(32)22-20(25)12-27-24(29-22)28-18-8-6-17(7-9-18)23(33)31-11-10-19(14-31)30(4)5/h6-9,12-13,15,19H,10-11,14H2,1-5H3,(H,27,28,29)/t19-/m1/s1. The lowest BCUT2D eigenvalue weighted by molar-refractivity contribution is 0.0783. The molecule has 33 heavy (non-hydrogen) atoms. The Hall–Kier alpha value is -2.97. The van der Waals surface area contributed by atoms with Gasteiger partial charge in [-0.05, 0) is 65.6 Å². The average Bonchev–Trinajstić information content (AvgIpc) is 3.42. The number of likely N-dealkylation sites (tertiary alicyclic amines) is 1. The predicted octanol–water partition coefficient (Wildman–Crippen LogP) is 4.40. The van der Waals surface area contributed by atoms with Gasteiger partial charge in [0.05, 0.1) is 23.1 Å². The number of carbonyl (C=O) groups excluding carboxylic acids is 1. The second-order valence-electron chi connectivity index (χ2n) is 8.90. The van der Waals surface area contributed by atoms with Crippen molar-refractivity contribution in [2.75, 3.05) is 32.5 Å². The highest BCUT2D eigenvalue weighted by Crippen LogP contribution is 2.30. The lowest BCUT2D eigenvalue weighted by Crippen LogP contribution is -2.34. The summed E-state index contributed by atoms with van der Waals surface area (Å²) in [5.41, 5.74) is 2.94. The van der Waals surface area contributed by atoms with Gasteiger partial charge in [-0.25, -0.2) is 15.0 Å². The topological polar surface area (TPSA) is 79.2 Å². The van der Waals surface area contributed by atoms with Gasteiger partial charge in [-0.15, -0.1) is 0 Å². The van der Waals surface area contributed by atoms with Gasteiger partial charge >= 0.3 is 0 Å². The summed E-state index contributed by atoms with van der Waals surface area (Å²) in [6, 6.07) is 8.05. The Kier molecular flexibility index (Phi) is 6.67. The molecule has 8 nitrogen and oxygen atoms in total. The van der Waals surface area contributed by atoms with Gasteiger partial charge in [0.15, 0.2) is 0 Å². The smallest absolute Gasteiger partial charge is 0.253 e. The number of aryl methyl sites for hydroxylation is 1. The van der Waals surface area contributed by atoms with Crippen LogP contribution in [0.2, 0.25) is 5.02 Å². The normalized spacial score (nSPS) is 16.1. The van der Waals surface area contributed by atoms with Crippen molar-refractivity contribution in [3.05, 3.63) is 53.1 Å². The molecule has 1 aliphatic heterocycles. The van der Waals surface area contributed by atoms with E-state index in [4.69, 9.17) is 11.6 Å². The number of hydrogen-bond donors (Lipinski definition) is 1. The number of anilines is 2. The molecule has 1 aromatic carbocycles. The van der Waals surface area contributed by atoms with Crippen molar-refractivity contribution in [1.29, 1.82) is 0 Å². The number of rotatable bonds is 6. The molecule has 0 aliphatic carbocycles. The molecule has 0 saturated carbocycles. The summed E-state index contributed by atoms with van der Waals surface area (Å²) in [5.74, 6) is 1.39. The van der Waals surface area contributed by atoms with Gasteiger partial charge in [0.1, 0.15) is 11.5 Å². The van der Waals surface area contributed by atoms with E-state index in [0.717, 1.165) is 36.7 Å². The van der Waals surface area contributed by atoms with E-state index in [2.05, 4.69) is 57.7 Å². The third-order valence-electron chi connectivity index (χ3n) is 6.05. The van der Waals surface area contributed by atoms with E-state index >= 15 is 0 Å². The molecule has 0 spiro atoms. The first-order chi connectivity index (χ1) is 15.7. The van der Waals surface area contributed by atoms with Gasteiger partial charge in [-0.1, -0.05) is 11.6 Å². The molecule has 0 unspecified atom stereocenters. The molecule has 0 radical (unpaired) electrons. The van der Waals surface area contributed by atoms with E-state index in [1.54, 1.807) is 12.4 Å². The van der Waals surface area contributed by atoms with Crippen LogP contribution in [0.25, 0.3) is 11.4 Å². The summed E-state index contributed by atoms with van der Waals surface area (Å²) in [6.07, 6.45) is 4.38. The summed E-state index contributed by atoms with van der Waals surface area (Å²) in [4.78, 5) is 30.3. The van der Waals surface area contributed by atoms with Crippen molar-refractivity contribution in [3.8, 4) is 11.4 Å². The molecule has 3 heterocycles. The molecule has 1 saturated heterocycles. The number of imidazole rings is 1. The monoisotopic (exact) mass is 467 g/mol. The molecule has 9 heteroatoms. The summed E-state index contributed by atoms with van der Waals surface area (Å²) >= 11 is 6.43. The fraction of sp³-hybridized carbons (Fsp3) is 0.417. The molecule has 1 aliphatic rings. The van der Waals surface area contributed by atoms with Crippen LogP contribution in [0.4, 0.5) is 11.6 Å². The Morgan fingerprint density at radius 3 is 2.55 bits per heavy atom. The van der Waals surface area contributed by atoms with Crippen molar-refractivity contribution >= 4 is 29.1 Å². The van der Waals surface area contributed by atoms with Crippen LogP contribution in [-0.4, -0.2) is 68.5 Å². The Morgan fingerprint density at radius 2 is 1.91 bits per heavy atom. The summed E-state index contributed by atoms with van der Waals surface area (Å²) < 4.78 is 2.09. The maximum atomic E-state index is 12.9. The highest BCUT2D eigenvalue weighted by molar-refractivity contribution is 6.32. The summed E-state index contributed by atoms with van der Waals surface area (Å²) in [7, 11) is 4.11. The Balaban J connectivity index is 1.50. The first-order valence-electron chi connectivity index (χ1n) is 11.1. The maximum absolute atomic E-state index is 12.9. The van der Waals surface area contributed by atoms with E-state index < -0.39 is 0 Å². The van der Waals surface area contributed by atoms with Crippen LogP contribution in [0.3, 0.4) is 0 Å². The second-order valence-corrected chi connectivity index (χ2v) is 9.31. The van der Waals surface area contributed by atoms with Crippen LogP contribution in [-0.2, 0) is 0 Å². The van der Waals surface area contributed by atoms with Gasteiger partial charge in [0.25, 0.3) is 5.91 Å². The molecular weight excluding hydrogens is 438 g/mol. The van der Waals surface area contributed by atoms with Gasteiger partial charge in [0, 0.05) is 36.4 Å². The van der Waals surface area contributed by atoms with Crippen LogP contribution in [0.15, 0.2) is 36.7 Å². The maximum Gasteiger partial charge on any atom is 0.253 e. The highest BCUT2D eigenvalue weighted by atomic mass is 35.5. The summed E-state index contributed by atoms with van der Waals surface area (Å²) in [5, 5.41) is 3.68. The highest BCUT2D eigenvalue weighted by Gasteiger charge is 2.28. The van der Waals surface area contributed by atoms with Crippen LogP contribution in [0.1, 0.15) is 42.5 Å². The van der Waals surface area contributed by atoms with Crippen LogP contribution in [0, 0.1) is 6.92 Å². The number of carbonyl (C=O) groups is 1. The molecule has 4 rings (SSSR count). The molecule has 1 atom stereocenters. The molecule has 174 valence electrons. The molecule has 3 aromatic rings. The molecule has 0 bridgehead atoms. The number of aromatic nitrogens is 4. The largest absolute Gasteiger partial charge is 0.337 e. The molecule has 1 N–H and O–H groups in total. The quantitative estimate of drug-likeness (QED) is 0.578. The Bertz CT molecular complexity index is 1140. The third kappa shape index (κ3) is 4.86. The van der Waals surface area contributed by atoms with Crippen LogP contribution < -0.4 is 5.32 Å². The number of nitrogens with zero attached hydrogens (tertiary/aromatic N) is 6. The van der Waals surface area contributed by atoms with E-state index in [1.807, 2.05) is 36.1 Å². The Labute approximate surface area is 199 Å². The van der Waals surface area contributed by atoms with Crippen molar-refractivity contribution < 1.29 is 4.79 Å². The lowest BCUT2D eigenvalue weighted by Gasteiger charge is -2.20. The second kappa shape index (κ2) is 9.49. The molecular formula is C24H30ClN7O. The van der Waals surface area contributed by atoms with E-state index in [-0.39, 0.29) is 11.9 Å². The minimum absolute atomic E-state index is 0.0632. The van der Waals surface area contributed by atoms with Crippen LogP contribution in [0.5, 0.6) is 0 Å². The fourth-order valence-corrected chi connectivity index (χ4v) is 4.43. The van der Waals surface area contributed by atoms with Crippen LogP contribution >= 0.6 is 11.6 Å². The van der Waals surface area contributed by atoms with Crippen molar-refractivity contribution in [1.82, 2.24) is 29.3 Å². The number of amides is 1. The zero-order valence-electron chi connectivity index (χ0n) is 19.7. The fourth-order valence-electron chi connectivity index (χ4n) is 4.24. The average molecular weight is 468 g/mol. The van der Waals surface area contributed by atoms with Gasteiger partial charge in [0.2, 0.25) is 5.95 Å². The first-order valence-corrected chi connectivity index (χ1v) is 11.5. The number of benzene rings is 1. The lowest BCUT2D eigenvalue weighted by atomic mass is 10.2. The van der Waals surface area contributed by atoms with Crippen molar-refractivity contribution in [2.24, 2.45) is 0 Å². The minimum Gasteiger partial charge on any atom is -0.337 e. The van der Waals surface area contributed by atoms with Gasteiger partial charge in [-0.2, -0.15) is 0 Å². The van der Waals surface area contributed by atoms with Gasteiger partial charge in [-0.3, -0.25) is 4.79 Å². The van der Waals surface area contributed by atoms with Crippen molar-refractivity contribution in [2.45, 2.75) is 39.3 Å². The number of nitrogens with one attached hydrogen (secondary N) is 1. The van der Waals surface area contributed by atoms with E-state index in [1.165, 1.54) is 0 Å². The molecule has 2 aromatic heterocycles. The SMILES string of the molecule is Cc1ncc(-c2nc(Nc3ccc(C(=O)N4CC[C@@H](N(C)C)C4)cc3)ncc2Cl)n1C(C)C. The predicted molar refractivity (Wildman–Crippen MR) is 131 cm³/mol. The first kappa shape index (κ1) is 23.2. The summed E-state index contributed by atoms with van der Waals surface area (Å²) in [6.45, 7) is 7.70. The minimum atomic E-state index is 0.0632. The third-order valence-corrected chi connectivity index (χ3v) is 6.33. The number of hydrogen-bond acceptors (Lipinski definition) is 6. The van der Waals surface area contributed by atoms with E-state index in [0.29, 0.717) is 28.3 Å². The number of halogens is 1. The van der Waals surface area contributed by atoms with Gasteiger partial charge < -0.3 is 19.7 Å². The van der Waals surface area contributed by atoms with Crippen molar-refractivity contribution in [3.63, 3.8) is 0 Å². The Morgan fingerprint density at radius 1 is 1.18 bits per heavy atom. The zero-order valence-corrected chi connectivity index (χ0v) is 20.5. The van der Waals surface area contributed by atoms with E-state index in [9.17, 15) is 4.79 Å². The molecule has 1 fully saturated rings. The number of likely N-dealkylation sites (N-methyl/N-ethyl adjacent to an activating group) is 1. The molecule has 1 amide bonds.